The van der Waals surface area contributed by atoms with E-state index in [1.807, 2.05) is 25.7 Å². The van der Waals surface area contributed by atoms with Gasteiger partial charge in [0.2, 0.25) is 0 Å². The molecule has 2 saturated heterocycles. The summed E-state index contributed by atoms with van der Waals surface area (Å²) < 4.78 is 5.48. The van der Waals surface area contributed by atoms with E-state index in [0.717, 1.165) is 25.9 Å². The van der Waals surface area contributed by atoms with Gasteiger partial charge in [-0.2, -0.15) is 0 Å². The molecule has 18 heavy (non-hydrogen) atoms. The molecule has 1 atom stereocenters. The minimum Gasteiger partial charge on any atom is -0.444 e. The zero-order valence-electron chi connectivity index (χ0n) is 11.9. The summed E-state index contributed by atoms with van der Waals surface area (Å²) in [6.45, 7) is 10.0. The van der Waals surface area contributed by atoms with Gasteiger partial charge in [-0.05, 0) is 59.5 Å². The molecule has 0 unspecified atom stereocenters. The predicted molar refractivity (Wildman–Crippen MR) is 71.6 cm³/mol. The zero-order valence-corrected chi connectivity index (χ0v) is 11.9. The van der Waals surface area contributed by atoms with E-state index >= 15 is 0 Å². The van der Waals surface area contributed by atoms with Crippen molar-refractivity contribution in [1.29, 1.82) is 0 Å². The Labute approximate surface area is 110 Å². The standard InChI is InChI=1S/C14H26N2O2/c1-14(2,3)18-13(17)16-10-6-7-12(16)11-15-8-4-5-9-15/h12H,4-11H2,1-3H3/t12-/m0/s1. The van der Waals surface area contributed by atoms with Crippen LogP contribution >= 0.6 is 0 Å². The van der Waals surface area contributed by atoms with Gasteiger partial charge in [-0.15, -0.1) is 0 Å². The van der Waals surface area contributed by atoms with Crippen LogP contribution in [0.4, 0.5) is 4.79 Å². The van der Waals surface area contributed by atoms with Gasteiger partial charge in [-0.3, -0.25) is 0 Å². The van der Waals surface area contributed by atoms with Crippen LogP contribution in [0.3, 0.4) is 0 Å². The Bertz CT molecular complexity index is 293. The average molecular weight is 254 g/mol. The summed E-state index contributed by atoms with van der Waals surface area (Å²) in [5, 5.41) is 0. The number of ether oxygens (including phenoxy) is 1. The summed E-state index contributed by atoms with van der Waals surface area (Å²) in [7, 11) is 0. The van der Waals surface area contributed by atoms with Gasteiger partial charge in [0, 0.05) is 19.1 Å². The Balaban J connectivity index is 1.88. The Morgan fingerprint density at radius 2 is 1.83 bits per heavy atom. The minimum atomic E-state index is -0.391. The second kappa shape index (κ2) is 5.47. The van der Waals surface area contributed by atoms with Gasteiger partial charge in [-0.25, -0.2) is 4.79 Å². The van der Waals surface area contributed by atoms with Crippen molar-refractivity contribution in [2.45, 2.75) is 58.1 Å². The van der Waals surface area contributed by atoms with Gasteiger partial charge >= 0.3 is 6.09 Å². The lowest BCUT2D eigenvalue weighted by atomic mass is 10.2. The number of hydrogen-bond acceptors (Lipinski definition) is 3. The van der Waals surface area contributed by atoms with Crippen LogP contribution in [0, 0.1) is 0 Å². The van der Waals surface area contributed by atoms with E-state index in [4.69, 9.17) is 4.74 Å². The average Bonchev–Trinajstić information content (AvgIpc) is 2.86. The lowest BCUT2D eigenvalue weighted by Crippen LogP contribution is -2.44. The number of carbonyl (C=O) groups excluding carboxylic acids is 1. The zero-order chi connectivity index (χ0) is 13.2. The smallest absolute Gasteiger partial charge is 0.410 e. The first-order valence-corrected chi connectivity index (χ1v) is 7.18. The predicted octanol–water partition coefficient (Wildman–Crippen LogP) is 2.48. The van der Waals surface area contributed by atoms with Crippen LogP contribution in [0.1, 0.15) is 46.5 Å². The normalized spacial score (nSPS) is 25.7. The molecule has 0 aliphatic carbocycles. The molecule has 1 amide bonds. The van der Waals surface area contributed by atoms with Gasteiger partial charge in [0.15, 0.2) is 0 Å². The molecule has 2 fully saturated rings. The van der Waals surface area contributed by atoms with E-state index in [1.54, 1.807) is 0 Å². The summed E-state index contributed by atoms with van der Waals surface area (Å²) in [4.78, 5) is 16.5. The van der Waals surface area contributed by atoms with Crippen molar-refractivity contribution in [3.05, 3.63) is 0 Å². The minimum absolute atomic E-state index is 0.135. The second-order valence-electron chi connectivity index (χ2n) is 6.48. The number of hydrogen-bond donors (Lipinski definition) is 0. The van der Waals surface area contributed by atoms with Crippen LogP contribution in [0.2, 0.25) is 0 Å². The molecule has 0 saturated carbocycles. The van der Waals surface area contributed by atoms with Crippen molar-refractivity contribution in [3.8, 4) is 0 Å². The Morgan fingerprint density at radius 1 is 1.17 bits per heavy atom. The first kappa shape index (κ1) is 13.7. The lowest BCUT2D eigenvalue weighted by molar-refractivity contribution is 0.0202. The molecule has 2 aliphatic rings. The van der Waals surface area contributed by atoms with Crippen molar-refractivity contribution in [1.82, 2.24) is 9.80 Å². The van der Waals surface area contributed by atoms with E-state index in [1.165, 1.54) is 25.9 Å². The molecule has 0 spiro atoms. The van der Waals surface area contributed by atoms with Gasteiger partial charge < -0.3 is 14.5 Å². The highest BCUT2D eigenvalue weighted by molar-refractivity contribution is 5.69. The molecule has 4 heteroatoms. The second-order valence-corrected chi connectivity index (χ2v) is 6.48. The van der Waals surface area contributed by atoms with Crippen molar-refractivity contribution in [2.75, 3.05) is 26.2 Å². The molecule has 104 valence electrons. The first-order valence-electron chi connectivity index (χ1n) is 7.18. The third-order valence-electron chi connectivity index (χ3n) is 3.67. The molecule has 2 heterocycles. The van der Waals surface area contributed by atoms with Crippen molar-refractivity contribution >= 4 is 6.09 Å². The van der Waals surface area contributed by atoms with Crippen molar-refractivity contribution in [3.63, 3.8) is 0 Å². The highest BCUT2D eigenvalue weighted by Crippen LogP contribution is 2.22. The van der Waals surface area contributed by atoms with Crippen LogP contribution in [0.25, 0.3) is 0 Å². The maximum Gasteiger partial charge on any atom is 0.410 e. The number of likely N-dealkylation sites (tertiary alicyclic amines) is 2. The topological polar surface area (TPSA) is 32.8 Å². The largest absolute Gasteiger partial charge is 0.444 e. The van der Waals surface area contributed by atoms with Crippen LogP contribution in [0.15, 0.2) is 0 Å². The molecule has 0 aromatic carbocycles. The molecular formula is C14H26N2O2. The van der Waals surface area contributed by atoms with E-state index < -0.39 is 5.60 Å². The molecule has 0 aromatic heterocycles. The van der Waals surface area contributed by atoms with Gasteiger partial charge in [-0.1, -0.05) is 0 Å². The highest BCUT2D eigenvalue weighted by Gasteiger charge is 2.33. The summed E-state index contributed by atoms with van der Waals surface area (Å²) in [5.41, 5.74) is -0.391. The van der Waals surface area contributed by atoms with Gasteiger partial charge in [0.1, 0.15) is 5.60 Å². The van der Waals surface area contributed by atoms with Gasteiger partial charge in [0.05, 0.1) is 0 Å². The lowest BCUT2D eigenvalue weighted by Gasteiger charge is -2.30. The molecular weight excluding hydrogens is 228 g/mol. The Hall–Kier alpha value is -0.770. The molecule has 0 radical (unpaired) electrons. The molecule has 0 aromatic rings. The third-order valence-corrected chi connectivity index (χ3v) is 3.67. The summed E-state index contributed by atoms with van der Waals surface area (Å²) in [6.07, 6.45) is 4.70. The molecule has 0 N–H and O–H groups in total. The monoisotopic (exact) mass is 254 g/mol. The van der Waals surface area contributed by atoms with E-state index in [0.29, 0.717) is 6.04 Å². The van der Waals surface area contributed by atoms with Crippen LogP contribution in [-0.4, -0.2) is 53.7 Å². The molecule has 4 nitrogen and oxygen atoms in total. The Morgan fingerprint density at radius 3 is 2.44 bits per heavy atom. The maximum absolute atomic E-state index is 12.1. The molecule has 0 bridgehead atoms. The fraction of sp³-hybridized carbons (Fsp3) is 0.929. The summed E-state index contributed by atoms with van der Waals surface area (Å²) in [5.74, 6) is 0. The summed E-state index contributed by atoms with van der Waals surface area (Å²) in [6, 6.07) is 0.359. The van der Waals surface area contributed by atoms with E-state index in [9.17, 15) is 4.79 Å². The van der Waals surface area contributed by atoms with Crippen LogP contribution in [0.5, 0.6) is 0 Å². The molecule has 2 rings (SSSR count). The van der Waals surface area contributed by atoms with Crippen LogP contribution < -0.4 is 0 Å². The van der Waals surface area contributed by atoms with Crippen molar-refractivity contribution < 1.29 is 9.53 Å². The fourth-order valence-electron chi connectivity index (χ4n) is 2.85. The van der Waals surface area contributed by atoms with Crippen LogP contribution in [-0.2, 0) is 4.74 Å². The number of rotatable bonds is 2. The molecule has 2 aliphatic heterocycles. The van der Waals surface area contributed by atoms with Gasteiger partial charge in [0.25, 0.3) is 0 Å². The third kappa shape index (κ3) is 3.61. The summed E-state index contributed by atoms with van der Waals surface area (Å²) >= 11 is 0. The highest BCUT2D eigenvalue weighted by atomic mass is 16.6. The van der Waals surface area contributed by atoms with E-state index in [2.05, 4.69) is 4.90 Å². The Kier molecular flexibility index (Phi) is 4.15. The van der Waals surface area contributed by atoms with Crippen molar-refractivity contribution in [2.24, 2.45) is 0 Å². The first-order chi connectivity index (χ1) is 8.46. The SMILES string of the molecule is CC(C)(C)OC(=O)N1CCC[C@H]1CN1CCCC1. The van der Waals surface area contributed by atoms with E-state index in [-0.39, 0.29) is 6.09 Å². The maximum atomic E-state index is 12.1. The number of carbonyl (C=O) groups is 1. The number of amides is 1. The quantitative estimate of drug-likeness (QED) is 0.759. The number of nitrogens with zero attached hydrogens (tertiary/aromatic N) is 2. The fourth-order valence-corrected chi connectivity index (χ4v) is 2.85.